The van der Waals surface area contributed by atoms with E-state index in [1.807, 2.05) is 47.4 Å². The number of nitrogens with one attached hydrogen (secondary N) is 1. The summed E-state index contributed by atoms with van der Waals surface area (Å²) in [5.41, 5.74) is 3.51. The highest BCUT2D eigenvalue weighted by Crippen LogP contribution is 2.36. The van der Waals surface area contributed by atoms with Gasteiger partial charge in [-0.3, -0.25) is 14.6 Å². The van der Waals surface area contributed by atoms with Gasteiger partial charge in [-0.25, -0.2) is 0 Å². The number of hydrogen-bond donors (Lipinski definition) is 1. The summed E-state index contributed by atoms with van der Waals surface area (Å²) < 4.78 is 0. The number of amides is 2. The summed E-state index contributed by atoms with van der Waals surface area (Å²) in [6, 6.07) is 24.1. The van der Waals surface area contributed by atoms with Crippen LogP contribution in [-0.2, 0) is 22.4 Å². The minimum atomic E-state index is -0.621. The maximum absolute atomic E-state index is 13.0. The molecule has 5 heteroatoms. The van der Waals surface area contributed by atoms with Crippen LogP contribution in [0, 0.1) is 5.41 Å². The van der Waals surface area contributed by atoms with E-state index in [9.17, 15) is 9.59 Å². The first-order valence-electron chi connectivity index (χ1n) is 10.6. The number of pyridine rings is 1. The summed E-state index contributed by atoms with van der Waals surface area (Å²) in [5, 5.41) is 2.83. The lowest BCUT2D eigenvalue weighted by atomic mass is 9.79. The summed E-state index contributed by atoms with van der Waals surface area (Å²) in [5.74, 6) is 0.00765. The fraction of sp³-hybridized carbons (Fsp3) is 0.269. The molecule has 0 saturated carbocycles. The topological polar surface area (TPSA) is 62.3 Å². The predicted octanol–water partition coefficient (Wildman–Crippen LogP) is 3.50. The van der Waals surface area contributed by atoms with E-state index < -0.39 is 5.41 Å². The molecule has 1 aliphatic heterocycles. The number of likely N-dealkylation sites (tertiary alicyclic amines) is 1. The van der Waals surface area contributed by atoms with Gasteiger partial charge in [0.25, 0.3) is 0 Å². The first-order chi connectivity index (χ1) is 15.1. The molecule has 0 bridgehead atoms. The van der Waals surface area contributed by atoms with Crippen molar-refractivity contribution in [2.75, 3.05) is 20.1 Å². The third-order valence-electron chi connectivity index (χ3n) is 6.05. The molecule has 0 aliphatic carbocycles. The predicted molar refractivity (Wildman–Crippen MR) is 121 cm³/mol. The molecule has 2 heterocycles. The largest absolute Gasteiger partial charge is 0.359 e. The van der Waals surface area contributed by atoms with Crippen LogP contribution < -0.4 is 5.32 Å². The highest BCUT2D eigenvalue weighted by Gasteiger charge is 2.45. The number of carbonyl (C=O) groups excluding carboxylic acids is 2. The van der Waals surface area contributed by atoms with Gasteiger partial charge in [0, 0.05) is 32.0 Å². The van der Waals surface area contributed by atoms with E-state index in [1.54, 1.807) is 13.2 Å². The highest BCUT2D eigenvalue weighted by atomic mass is 16.2. The monoisotopic (exact) mass is 413 g/mol. The van der Waals surface area contributed by atoms with Crippen LogP contribution in [0.1, 0.15) is 17.7 Å². The first-order valence-corrected chi connectivity index (χ1v) is 10.6. The molecule has 1 atom stereocenters. The number of nitrogens with zero attached hydrogens (tertiary/aromatic N) is 2. The van der Waals surface area contributed by atoms with Crippen molar-refractivity contribution in [1.29, 1.82) is 0 Å². The summed E-state index contributed by atoms with van der Waals surface area (Å²) in [6.07, 6.45) is 3.20. The Hall–Kier alpha value is -3.47. The Morgan fingerprint density at radius 1 is 1.00 bits per heavy atom. The average molecular weight is 414 g/mol. The summed E-state index contributed by atoms with van der Waals surface area (Å²) in [6.45, 7) is 1.01. The number of hydrogen-bond acceptors (Lipinski definition) is 3. The fourth-order valence-electron chi connectivity index (χ4n) is 4.41. The van der Waals surface area contributed by atoms with E-state index in [-0.39, 0.29) is 18.2 Å². The highest BCUT2D eigenvalue weighted by molar-refractivity contribution is 5.86. The molecular weight excluding hydrogens is 386 g/mol. The zero-order valence-electron chi connectivity index (χ0n) is 17.8. The maximum atomic E-state index is 13.0. The Bertz CT molecular complexity index is 1050. The van der Waals surface area contributed by atoms with Crippen molar-refractivity contribution >= 4 is 11.8 Å². The minimum Gasteiger partial charge on any atom is -0.359 e. The van der Waals surface area contributed by atoms with Crippen molar-refractivity contribution in [3.05, 3.63) is 90.3 Å². The third kappa shape index (κ3) is 4.66. The molecule has 158 valence electrons. The molecular formula is C26H27N3O2. The Balaban J connectivity index is 1.53. The van der Waals surface area contributed by atoms with Crippen molar-refractivity contribution in [3.63, 3.8) is 0 Å². The molecule has 1 saturated heterocycles. The molecule has 1 fully saturated rings. The van der Waals surface area contributed by atoms with Gasteiger partial charge >= 0.3 is 0 Å². The molecule has 1 aliphatic rings. The summed E-state index contributed by atoms with van der Waals surface area (Å²) in [4.78, 5) is 31.9. The van der Waals surface area contributed by atoms with Crippen LogP contribution in [0.15, 0.2) is 79.0 Å². The molecule has 2 amide bonds. The zero-order chi connectivity index (χ0) is 21.7. The smallest absolute Gasteiger partial charge is 0.228 e. The second-order valence-electron chi connectivity index (χ2n) is 8.17. The summed E-state index contributed by atoms with van der Waals surface area (Å²) >= 11 is 0. The van der Waals surface area contributed by atoms with Gasteiger partial charge in [0.05, 0.1) is 11.8 Å². The lowest BCUT2D eigenvalue weighted by Gasteiger charge is -2.28. The van der Waals surface area contributed by atoms with Gasteiger partial charge in [0.1, 0.15) is 0 Å². The van der Waals surface area contributed by atoms with Crippen molar-refractivity contribution in [3.8, 4) is 11.1 Å². The molecule has 1 aromatic heterocycles. The molecule has 1 N–H and O–H groups in total. The van der Waals surface area contributed by atoms with Crippen molar-refractivity contribution in [2.24, 2.45) is 5.41 Å². The molecule has 31 heavy (non-hydrogen) atoms. The van der Waals surface area contributed by atoms with Crippen molar-refractivity contribution < 1.29 is 9.59 Å². The van der Waals surface area contributed by atoms with Crippen LogP contribution in [0.5, 0.6) is 0 Å². The van der Waals surface area contributed by atoms with E-state index in [2.05, 4.69) is 40.6 Å². The second kappa shape index (κ2) is 9.13. The van der Waals surface area contributed by atoms with E-state index in [4.69, 9.17) is 0 Å². The molecule has 0 radical (unpaired) electrons. The number of aromatic nitrogens is 1. The van der Waals surface area contributed by atoms with Gasteiger partial charge in [0.2, 0.25) is 11.8 Å². The lowest BCUT2D eigenvalue weighted by molar-refractivity contribution is -0.132. The van der Waals surface area contributed by atoms with E-state index in [0.717, 1.165) is 22.4 Å². The van der Waals surface area contributed by atoms with Crippen LogP contribution in [0.3, 0.4) is 0 Å². The van der Waals surface area contributed by atoms with Gasteiger partial charge in [-0.05, 0) is 41.7 Å². The second-order valence-corrected chi connectivity index (χ2v) is 8.17. The number of rotatable bonds is 6. The van der Waals surface area contributed by atoms with E-state index >= 15 is 0 Å². The Morgan fingerprint density at radius 2 is 1.77 bits per heavy atom. The average Bonchev–Trinajstić information content (AvgIpc) is 3.25. The van der Waals surface area contributed by atoms with Crippen LogP contribution in [0.25, 0.3) is 11.1 Å². The molecule has 4 rings (SSSR count). The molecule has 0 spiro atoms. The first kappa shape index (κ1) is 20.8. The van der Waals surface area contributed by atoms with E-state index in [1.165, 1.54) is 0 Å². The number of benzene rings is 2. The normalized spacial score (nSPS) is 18.0. The Kier molecular flexibility index (Phi) is 6.12. The number of carbonyl (C=O) groups is 2. The third-order valence-corrected chi connectivity index (χ3v) is 6.05. The van der Waals surface area contributed by atoms with Gasteiger partial charge in [-0.2, -0.15) is 0 Å². The SMILES string of the molecule is CNC(=O)C1(Cc2cccc(-c3ccccc3)c2)CCN(C(=O)Cc2ccccn2)C1. The van der Waals surface area contributed by atoms with Crippen LogP contribution in [-0.4, -0.2) is 41.8 Å². The van der Waals surface area contributed by atoms with E-state index in [0.29, 0.717) is 25.9 Å². The lowest BCUT2D eigenvalue weighted by Crippen LogP contribution is -2.44. The van der Waals surface area contributed by atoms with Crippen molar-refractivity contribution in [2.45, 2.75) is 19.3 Å². The Morgan fingerprint density at radius 3 is 2.52 bits per heavy atom. The summed E-state index contributed by atoms with van der Waals surface area (Å²) in [7, 11) is 1.67. The standard InChI is InChI=1S/C26H27N3O2/c1-27-25(31)26(13-15-29(19-26)24(30)17-23-12-5-6-14-28-23)18-20-8-7-11-22(16-20)21-9-3-2-4-10-21/h2-12,14,16H,13,15,17-19H2,1H3,(H,27,31). The Labute approximate surface area is 183 Å². The minimum absolute atomic E-state index is 0.00856. The fourth-order valence-corrected chi connectivity index (χ4v) is 4.41. The molecule has 5 nitrogen and oxygen atoms in total. The van der Waals surface area contributed by atoms with Gasteiger partial charge in [0.15, 0.2) is 0 Å². The van der Waals surface area contributed by atoms with Crippen molar-refractivity contribution in [1.82, 2.24) is 15.2 Å². The molecule has 1 unspecified atom stereocenters. The van der Waals surface area contributed by atoms with Crippen LogP contribution in [0.2, 0.25) is 0 Å². The van der Waals surface area contributed by atoms with Gasteiger partial charge in [-0.15, -0.1) is 0 Å². The van der Waals surface area contributed by atoms with Crippen LogP contribution >= 0.6 is 0 Å². The molecule has 3 aromatic rings. The maximum Gasteiger partial charge on any atom is 0.228 e. The van der Waals surface area contributed by atoms with Crippen LogP contribution in [0.4, 0.5) is 0 Å². The van der Waals surface area contributed by atoms with Gasteiger partial charge in [-0.1, -0.05) is 60.7 Å². The quantitative estimate of drug-likeness (QED) is 0.673. The zero-order valence-corrected chi connectivity index (χ0v) is 17.8. The van der Waals surface area contributed by atoms with Gasteiger partial charge < -0.3 is 10.2 Å². The molecule has 2 aromatic carbocycles.